The Morgan fingerprint density at radius 2 is 2.15 bits per heavy atom. The highest BCUT2D eigenvalue weighted by atomic mass is 16.5. The summed E-state index contributed by atoms with van der Waals surface area (Å²) in [5.74, 6) is 0.133. The molecule has 3 N–H and O–H groups in total. The van der Waals surface area contributed by atoms with E-state index in [2.05, 4.69) is 23.9 Å². The molecule has 0 aliphatic rings. The van der Waals surface area contributed by atoms with Gasteiger partial charge < -0.3 is 20.5 Å². The fourth-order valence-electron chi connectivity index (χ4n) is 1.68. The van der Waals surface area contributed by atoms with Crippen LogP contribution in [0.5, 0.6) is 0 Å². The van der Waals surface area contributed by atoms with Gasteiger partial charge in [0.05, 0.1) is 12.7 Å². The van der Waals surface area contributed by atoms with E-state index in [0.717, 1.165) is 31.9 Å². The second-order valence-electron chi connectivity index (χ2n) is 5.04. The van der Waals surface area contributed by atoms with E-state index in [-0.39, 0.29) is 0 Å². The summed E-state index contributed by atoms with van der Waals surface area (Å²) in [6.07, 6.45) is 0.907. The van der Waals surface area contributed by atoms with Crippen molar-refractivity contribution in [2.45, 2.75) is 20.3 Å². The highest BCUT2D eigenvalue weighted by Crippen LogP contribution is 2.18. The van der Waals surface area contributed by atoms with Gasteiger partial charge in [0, 0.05) is 31.1 Å². The van der Waals surface area contributed by atoms with Crippen LogP contribution in [0, 0.1) is 5.92 Å². The van der Waals surface area contributed by atoms with Crippen molar-refractivity contribution >= 4 is 17.3 Å². The van der Waals surface area contributed by atoms with Crippen molar-refractivity contribution in [2.24, 2.45) is 5.92 Å². The van der Waals surface area contributed by atoms with Crippen LogP contribution in [0.25, 0.3) is 0 Å². The summed E-state index contributed by atoms with van der Waals surface area (Å²) in [7, 11) is 1.34. The largest absolute Gasteiger partial charge is 0.465 e. The molecule has 0 heterocycles. The Balaban J connectivity index is 2.39. The number of anilines is 2. The third kappa shape index (κ3) is 5.48. The molecular formula is C15H24N2O3. The highest BCUT2D eigenvalue weighted by Gasteiger charge is 2.10. The van der Waals surface area contributed by atoms with Gasteiger partial charge in [0.15, 0.2) is 0 Å². The van der Waals surface area contributed by atoms with Gasteiger partial charge in [-0.25, -0.2) is 4.79 Å². The molecule has 0 amide bonds. The molecule has 0 radical (unpaired) electrons. The molecule has 5 heteroatoms. The third-order valence-electron chi connectivity index (χ3n) is 2.70. The first-order valence-corrected chi connectivity index (χ1v) is 6.84. The quantitative estimate of drug-likeness (QED) is 0.435. The average Bonchev–Trinajstić information content (AvgIpc) is 2.43. The van der Waals surface area contributed by atoms with Gasteiger partial charge in [-0.3, -0.25) is 0 Å². The minimum atomic E-state index is -0.425. The van der Waals surface area contributed by atoms with Gasteiger partial charge in [-0.15, -0.1) is 0 Å². The maximum atomic E-state index is 11.5. The molecule has 0 bridgehead atoms. The maximum Gasteiger partial charge on any atom is 0.340 e. The summed E-state index contributed by atoms with van der Waals surface area (Å²) < 4.78 is 10.2. The van der Waals surface area contributed by atoms with Gasteiger partial charge in [0.1, 0.15) is 0 Å². The first kappa shape index (κ1) is 16.3. The van der Waals surface area contributed by atoms with Gasteiger partial charge in [-0.2, -0.15) is 0 Å². The summed E-state index contributed by atoms with van der Waals surface area (Å²) in [6, 6.07) is 5.25. The molecule has 20 heavy (non-hydrogen) atoms. The number of rotatable bonds is 8. The van der Waals surface area contributed by atoms with E-state index in [1.165, 1.54) is 7.11 Å². The third-order valence-corrected chi connectivity index (χ3v) is 2.70. The Bertz CT molecular complexity index is 433. The number of carbonyl (C=O) groups excluding carboxylic acids is 1. The fraction of sp³-hybridized carbons (Fsp3) is 0.533. The first-order chi connectivity index (χ1) is 9.54. The topological polar surface area (TPSA) is 73.6 Å². The summed E-state index contributed by atoms with van der Waals surface area (Å²) >= 11 is 0. The summed E-state index contributed by atoms with van der Waals surface area (Å²) in [4.78, 5) is 11.5. The molecule has 0 saturated heterocycles. The van der Waals surface area contributed by atoms with E-state index in [1.54, 1.807) is 12.1 Å². The van der Waals surface area contributed by atoms with E-state index in [1.807, 2.05) is 6.07 Å². The molecule has 0 fully saturated rings. The molecule has 1 rings (SSSR count). The number of hydrogen-bond donors (Lipinski definition) is 2. The summed E-state index contributed by atoms with van der Waals surface area (Å²) in [6.45, 7) is 6.54. The Labute approximate surface area is 120 Å². The monoisotopic (exact) mass is 280 g/mol. The van der Waals surface area contributed by atoms with E-state index < -0.39 is 5.97 Å². The number of benzene rings is 1. The zero-order chi connectivity index (χ0) is 15.0. The van der Waals surface area contributed by atoms with Crippen molar-refractivity contribution < 1.29 is 14.3 Å². The Kier molecular flexibility index (Phi) is 6.87. The molecule has 112 valence electrons. The number of methoxy groups -OCH3 is 1. The number of esters is 1. The SMILES string of the molecule is COC(=O)c1cc(NCCCOCC(C)C)ccc1N. The minimum absolute atomic E-state index is 0.383. The second-order valence-corrected chi connectivity index (χ2v) is 5.04. The number of nitrogens with one attached hydrogen (secondary N) is 1. The highest BCUT2D eigenvalue weighted by molar-refractivity contribution is 5.96. The number of nitrogen functional groups attached to an aromatic ring is 1. The summed E-state index contributed by atoms with van der Waals surface area (Å²) in [5, 5.41) is 3.24. The van der Waals surface area contributed by atoms with E-state index >= 15 is 0 Å². The van der Waals surface area contributed by atoms with Crippen LogP contribution >= 0.6 is 0 Å². The van der Waals surface area contributed by atoms with Gasteiger partial charge in [0.25, 0.3) is 0 Å². The van der Waals surface area contributed by atoms with Gasteiger partial charge in [-0.05, 0) is 30.5 Å². The van der Waals surface area contributed by atoms with Crippen LogP contribution in [-0.4, -0.2) is 32.8 Å². The van der Waals surface area contributed by atoms with Crippen LogP contribution in [0.3, 0.4) is 0 Å². The Morgan fingerprint density at radius 3 is 2.80 bits per heavy atom. The van der Waals surface area contributed by atoms with Crippen LogP contribution in [-0.2, 0) is 9.47 Å². The van der Waals surface area contributed by atoms with Crippen LogP contribution in [0.1, 0.15) is 30.6 Å². The predicted octanol–water partition coefficient (Wildman–Crippen LogP) is 2.53. The second kappa shape index (κ2) is 8.43. The normalized spacial score (nSPS) is 10.6. The summed E-state index contributed by atoms with van der Waals surface area (Å²) in [5.41, 5.74) is 7.39. The molecule has 0 spiro atoms. The van der Waals surface area contributed by atoms with Crippen LogP contribution in [0.4, 0.5) is 11.4 Å². The first-order valence-electron chi connectivity index (χ1n) is 6.84. The molecule has 0 aliphatic carbocycles. The van der Waals surface area contributed by atoms with Crippen LogP contribution in [0.2, 0.25) is 0 Å². The number of hydrogen-bond acceptors (Lipinski definition) is 5. The van der Waals surface area contributed by atoms with Crippen LogP contribution < -0.4 is 11.1 Å². The Hall–Kier alpha value is -1.75. The lowest BCUT2D eigenvalue weighted by atomic mass is 10.1. The zero-order valence-corrected chi connectivity index (χ0v) is 12.4. The van der Waals surface area contributed by atoms with Crippen molar-refractivity contribution in [3.8, 4) is 0 Å². The van der Waals surface area contributed by atoms with Crippen molar-refractivity contribution in [3.05, 3.63) is 23.8 Å². The molecule has 1 aromatic carbocycles. The average molecular weight is 280 g/mol. The maximum absolute atomic E-state index is 11.5. The molecule has 0 unspecified atom stereocenters. The van der Waals surface area contributed by atoms with Crippen molar-refractivity contribution in [1.82, 2.24) is 0 Å². The van der Waals surface area contributed by atoms with Crippen molar-refractivity contribution in [3.63, 3.8) is 0 Å². The Morgan fingerprint density at radius 1 is 1.40 bits per heavy atom. The fourth-order valence-corrected chi connectivity index (χ4v) is 1.68. The van der Waals surface area contributed by atoms with Crippen molar-refractivity contribution in [1.29, 1.82) is 0 Å². The lowest BCUT2D eigenvalue weighted by Gasteiger charge is -2.10. The zero-order valence-electron chi connectivity index (χ0n) is 12.4. The lowest BCUT2D eigenvalue weighted by molar-refractivity contribution is 0.0602. The van der Waals surface area contributed by atoms with E-state index in [0.29, 0.717) is 17.2 Å². The number of nitrogens with two attached hydrogens (primary N) is 1. The standard InChI is InChI=1S/C15H24N2O3/c1-11(2)10-20-8-4-7-17-12-5-6-14(16)13(9-12)15(18)19-3/h5-6,9,11,17H,4,7-8,10,16H2,1-3H3. The van der Waals surface area contributed by atoms with Crippen LogP contribution in [0.15, 0.2) is 18.2 Å². The van der Waals surface area contributed by atoms with Gasteiger partial charge >= 0.3 is 5.97 Å². The number of carbonyl (C=O) groups is 1. The molecule has 1 aromatic rings. The molecule has 0 saturated carbocycles. The molecular weight excluding hydrogens is 256 g/mol. The number of ether oxygens (including phenoxy) is 2. The molecule has 0 atom stereocenters. The minimum Gasteiger partial charge on any atom is -0.465 e. The van der Waals surface area contributed by atoms with E-state index in [4.69, 9.17) is 10.5 Å². The molecule has 5 nitrogen and oxygen atoms in total. The van der Waals surface area contributed by atoms with Crippen molar-refractivity contribution in [2.75, 3.05) is 37.9 Å². The van der Waals surface area contributed by atoms with Gasteiger partial charge in [-0.1, -0.05) is 13.8 Å². The molecule has 0 aromatic heterocycles. The van der Waals surface area contributed by atoms with E-state index in [9.17, 15) is 4.79 Å². The lowest BCUT2D eigenvalue weighted by Crippen LogP contribution is -2.10. The smallest absolute Gasteiger partial charge is 0.340 e. The van der Waals surface area contributed by atoms with Gasteiger partial charge in [0.2, 0.25) is 0 Å². The molecule has 0 aliphatic heterocycles. The predicted molar refractivity (Wildman–Crippen MR) is 81.0 cm³/mol.